The number of nitrogens with one attached hydrogen (secondary N) is 1. The molecule has 0 spiro atoms. The summed E-state index contributed by atoms with van der Waals surface area (Å²) in [4.78, 5) is 18.3. The second kappa shape index (κ2) is 10.00. The third-order valence-corrected chi connectivity index (χ3v) is 7.09. The van der Waals surface area contributed by atoms with Crippen LogP contribution in [0.3, 0.4) is 0 Å². The van der Waals surface area contributed by atoms with E-state index >= 15 is 0 Å². The highest BCUT2D eigenvalue weighted by Gasteiger charge is 2.23. The molecule has 0 bridgehead atoms. The third kappa shape index (κ3) is 5.12. The van der Waals surface area contributed by atoms with Crippen LogP contribution in [0.2, 0.25) is 0 Å². The van der Waals surface area contributed by atoms with Gasteiger partial charge in [-0.25, -0.2) is 4.68 Å². The molecule has 1 N–H and O–H groups in total. The number of benzene rings is 2. The first kappa shape index (κ1) is 23.2. The van der Waals surface area contributed by atoms with Gasteiger partial charge >= 0.3 is 0 Å². The predicted molar refractivity (Wildman–Crippen MR) is 135 cm³/mol. The normalized spacial score (nSPS) is 14.3. The van der Waals surface area contributed by atoms with E-state index in [0.29, 0.717) is 25.7 Å². The van der Waals surface area contributed by atoms with Crippen LogP contribution in [0.1, 0.15) is 59.8 Å². The number of aromatic amines is 1. The van der Waals surface area contributed by atoms with Gasteiger partial charge in [0.05, 0.1) is 19.7 Å². The molecule has 1 aliphatic carbocycles. The second-order valence-electron chi connectivity index (χ2n) is 9.62. The zero-order chi connectivity index (χ0) is 24.4. The van der Waals surface area contributed by atoms with Crippen molar-refractivity contribution in [3.05, 3.63) is 80.9 Å². The van der Waals surface area contributed by atoms with E-state index in [1.54, 1.807) is 7.11 Å². The van der Waals surface area contributed by atoms with Gasteiger partial charge in [-0.1, -0.05) is 25.0 Å². The number of hydrogen-bond donors (Lipinski definition) is 1. The summed E-state index contributed by atoms with van der Waals surface area (Å²) in [5.74, 6) is 1.66. The lowest BCUT2D eigenvalue weighted by Crippen LogP contribution is -2.28. The molecule has 182 valence electrons. The first-order valence-corrected chi connectivity index (χ1v) is 12.3. The minimum absolute atomic E-state index is 0.0594. The van der Waals surface area contributed by atoms with Crippen LogP contribution in [0.25, 0.3) is 10.9 Å². The number of methoxy groups -OCH3 is 1. The summed E-state index contributed by atoms with van der Waals surface area (Å²) in [5, 5.41) is 13.7. The summed E-state index contributed by atoms with van der Waals surface area (Å²) in [6, 6.07) is 14.6. The van der Waals surface area contributed by atoms with Crippen LogP contribution in [-0.4, -0.2) is 37.2 Å². The molecule has 1 fully saturated rings. The molecule has 0 saturated heterocycles. The predicted octanol–water partition coefficient (Wildman–Crippen LogP) is 4.46. The van der Waals surface area contributed by atoms with Crippen LogP contribution in [0.15, 0.2) is 47.3 Å². The van der Waals surface area contributed by atoms with Crippen LogP contribution in [-0.2, 0) is 19.6 Å². The molecular weight excluding hydrogens is 440 g/mol. The summed E-state index contributed by atoms with van der Waals surface area (Å²) in [6.07, 6.45) is 4.65. The van der Waals surface area contributed by atoms with Crippen molar-refractivity contribution in [3.63, 3.8) is 0 Å². The molecule has 2 aromatic carbocycles. The van der Waals surface area contributed by atoms with Gasteiger partial charge in [-0.15, -0.1) is 5.10 Å². The molecule has 2 heterocycles. The lowest BCUT2D eigenvalue weighted by molar-refractivity contribution is 0.231. The molecule has 0 amide bonds. The minimum atomic E-state index is -0.0594. The number of nitrogens with zero attached hydrogens (tertiary/aromatic N) is 5. The maximum atomic E-state index is 13.0. The maximum Gasteiger partial charge on any atom is 0.252 e. The van der Waals surface area contributed by atoms with E-state index < -0.39 is 0 Å². The number of H-pyrrole nitrogens is 1. The zero-order valence-corrected chi connectivity index (χ0v) is 20.6. The Labute approximate surface area is 204 Å². The van der Waals surface area contributed by atoms with Gasteiger partial charge in [0.15, 0.2) is 5.82 Å². The van der Waals surface area contributed by atoms with Crippen molar-refractivity contribution in [3.8, 4) is 5.75 Å². The molecule has 4 aromatic rings. The Morgan fingerprint density at radius 3 is 2.51 bits per heavy atom. The number of pyridine rings is 1. The fraction of sp³-hybridized carbons (Fsp3) is 0.407. The van der Waals surface area contributed by atoms with Crippen LogP contribution < -0.4 is 10.3 Å². The number of hydrogen-bond acceptors (Lipinski definition) is 6. The molecular formula is C27H32N6O2. The number of aryl methyl sites for hydroxylation is 2. The zero-order valence-electron chi connectivity index (χ0n) is 20.6. The average Bonchev–Trinajstić information content (AvgIpc) is 3.53. The summed E-state index contributed by atoms with van der Waals surface area (Å²) in [5.41, 5.74) is 5.05. The summed E-state index contributed by atoms with van der Waals surface area (Å²) in [6.45, 7) is 5.86. The van der Waals surface area contributed by atoms with Crippen molar-refractivity contribution in [1.29, 1.82) is 0 Å². The largest absolute Gasteiger partial charge is 0.497 e. The van der Waals surface area contributed by atoms with Crippen LogP contribution in [0, 0.1) is 13.8 Å². The van der Waals surface area contributed by atoms with Gasteiger partial charge < -0.3 is 9.72 Å². The third-order valence-electron chi connectivity index (χ3n) is 7.09. The number of ether oxygens (including phenoxy) is 1. The van der Waals surface area contributed by atoms with Gasteiger partial charge in [0.25, 0.3) is 5.56 Å². The standard InChI is InChI=1S/C27H32N6O2/c1-18-12-21-14-22(27(34)28-25(21)13-19(18)2)16-32(15-20-8-10-24(35-3)11-9-20)17-26-29-30-31-33(26)23-6-4-5-7-23/h8-14,23H,4-7,15-17H2,1-3H3,(H,28,34). The van der Waals surface area contributed by atoms with E-state index in [1.807, 2.05) is 28.9 Å². The van der Waals surface area contributed by atoms with Crippen molar-refractivity contribution in [2.45, 2.75) is 65.2 Å². The Kier molecular flexibility index (Phi) is 6.63. The van der Waals surface area contributed by atoms with E-state index in [1.165, 1.54) is 24.0 Å². The second-order valence-corrected chi connectivity index (χ2v) is 9.62. The van der Waals surface area contributed by atoms with Gasteiger partial charge in [0.2, 0.25) is 0 Å². The monoisotopic (exact) mass is 472 g/mol. The first-order valence-electron chi connectivity index (χ1n) is 12.3. The van der Waals surface area contributed by atoms with Gasteiger partial charge in [0.1, 0.15) is 5.75 Å². The Hall–Kier alpha value is -3.52. The molecule has 0 unspecified atom stereocenters. The fourth-order valence-corrected chi connectivity index (χ4v) is 4.99. The van der Waals surface area contributed by atoms with E-state index in [9.17, 15) is 4.79 Å². The number of rotatable bonds is 8. The summed E-state index contributed by atoms with van der Waals surface area (Å²) in [7, 11) is 1.67. The lowest BCUT2D eigenvalue weighted by atomic mass is 10.0. The SMILES string of the molecule is COc1ccc(CN(Cc2cc3cc(C)c(C)cc3[nH]c2=O)Cc2nnnn2C2CCCC2)cc1. The van der Waals surface area contributed by atoms with Gasteiger partial charge in [-0.05, 0) is 89.5 Å². The Bertz CT molecular complexity index is 1370. The van der Waals surface area contributed by atoms with E-state index in [2.05, 4.69) is 57.5 Å². The van der Waals surface area contributed by atoms with Crippen molar-refractivity contribution in [1.82, 2.24) is 30.1 Å². The topological polar surface area (TPSA) is 88.9 Å². The molecule has 0 atom stereocenters. The highest BCUT2D eigenvalue weighted by Crippen LogP contribution is 2.29. The first-order chi connectivity index (χ1) is 17.0. The van der Waals surface area contributed by atoms with Gasteiger partial charge in [-0.3, -0.25) is 9.69 Å². The van der Waals surface area contributed by atoms with E-state index in [-0.39, 0.29) is 5.56 Å². The molecule has 0 radical (unpaired) electrons. The number of aromatic nitrogens is 5. The van der Waals surface area contributed by atoms with Crippen molar-refractivity contribution in [2.24, 2.45) is 0 Å². The Morgan fingerprint density at radius 2 is 1.77 bits per heavy atom. The van der Waals surface area contributed by atoms with Gasteiger partial charge in [0, 0.05) is 24.2 Å². The lowest BCUT2D eigenvalue weighted by Gasteiger charge is -2.23. The van der Waals surface area contributed by atoms with Crippen molar-refractivity contribution < 1.29 is 4.74 Å². The Morgan fingerprint density at radius 1 is 1.03 bits per heavy atom. The molecule has 1 aliphatic rings. The molecule has 2 aromatic heterocycles. The molecule has 8 heteroatoms. The fourth-order valence-electron chi connectivity index (χ4n) is 4.99. The molecule has 1 saturated carbocycles. The van der Waals surface area contributed by atoms with Gasteiger partial charge in [-0.2, -0.15) is 0 Å². The van der Waals surface area contributed by atoms with Crippen LogP contribution in [0.5, 0.6) is 5.75 Å². The maximum absolute atomic E-state index is 13.0. The molecule has 5 rings (SSSR count). The molecule has 8 nitrogen and oxygen atoms in total. The smallest absolute Gasteiger partial charge is 0.252 e. The van der Waals surface area contributed by atoms with Crippen LogP contribution >= 0.6 is 0 Å². The van der Waals surface area contributed by atoms with Crippen molar-refractivity contribution in [2.75, 3.05) is 7.11 Å². The molecule has 0 aliphatic heterocycles. The number of tetrazole rings is 1. The number of fused-ring (bicyclic) bond motifs is 1. The Balaban J connectivity index is 1.46. The highest BCUT2D eigenvalue weighted by atomic mass is 16.5. The van der Waals surface area contributed by atoms with Crippen LogP contribution in [0.4, 0.5) is 0 Å². The quantitative estimate of drug-likeness (QED) is 0.407. The van der Waals surface area contributed by atoms with E-state index in [0.717, 1.165) is 46.4 Å². The summed E-state index contributed by atoms with van der Waals surface area (Å²) < 4.78 is 7.30. The summed E-state index contributed by atoms with van der Waals surface area (Å²) >= 11 is 0. The van der Waals surface area contributed by atoms with Crippen molar-refractivity contribution >= 4 is 10.9 Å². The molecule has 35 heavy (non-hydrogen) atoms. The minimum Gasteiger partial charge on any atom is -0.497 e. The van der Waals surface area contributed by atoms with E-state index in [4.69, 9.17) is 4.74 Å². The highest BCUT2D eigenvalue weighted by molar-refractivity contribution is 5.80. The average molecular weight is 473 g/mol.